The quantitative estimate of drug-likeness (QED) is 0.170. The van der Waals surface area contributed by atoms with Crippen LogP contribution in [0.25, 0.3) is 87.7 Å². The lowest BCUT2D eigenvalue weighted by Gasteiger charge is -2.26. The summed E-state index contributed by atoms with van der Waals surface area (Å²) in [7, 11) is 0. The SMILES string of the molecule is c1ccc2nc3c(nc2c1)sc1cc(-c2ccc(N(c4ccc(-c5nc6ccccc6o5)cc4)c4ccc(-c5nc6ccccc6o5)cc4)cc2)ccc13. The highest BCUT2D eigenvalue weighted by atomic mass is 32.1. The van der Waals surface area contributed by atoms with E-state index >= 15 is 0 Å². The van der Waals surface area contributed by atoms with Crippen LogP contribution in [0.5, 0.6) is 0 Å². The van der Waals surface area contributed by atoms with E-state index in [2.05, 4.69) is 95.9 Å². The Morgan fingerprint density at radius 1 is 0.407 bits per heavy atom. The first kappa shape index (κ1) is 30.5. The second-order valence-electron chi connectivity index (χ2n) is 13.1. The van der Waals surface area contributed by atoms with Crippen LogP contribution in [0.4, 0.5) is 17.1 Å². The van der Waals surface area contributed by atoms with Gasteiger partial charge in [-0.15, -0.1) is 11.3 Å². The summed E-state index contributed by atoms with van der Waals surface area (Å²) in [6.07, 6.45) is 0. The fourth-order valence-corrected chi connectivity index (χ4v) is 8.13. The molecule has 11 rings (SSSR count). The number of fused-ring (bicyclic) bond motifs is 6. The first-order valence-electron chi connectivity index (χ1n) is 17.6. The molecule has 4 heterocycles. The Labute approximate surface area is 312 Å². The molecule has 0 amide bonds. The largest absolute Gasteiger partial charge is 0.436 e. The summed E-state index contributed by atoms with van der Waals surface area (Å²) in [6.45, 7) is 0. The third-order valence-electron chi connectivity index (χ3n) is 9.77. The molecule has 0 atom stereocenters. The molecule has 0 N–H and O–H groups in total. The Bertz CT molecular complexity index is 2980. The lowest BCUT2D eigenvalue weighted by Crippen LogP contribution is -2.09. The number of para-hydroxylation sites is 6. The van der Waals surface area contributed by atoms with Gasteiger partial charge in [0.05, 0.1) is 11.0 Å². The van der Waals surface area contributed by atoms with Crippen LogP contribution in [-0.2, 0) is 0 Å². The highest BCUT2D eigenvalue weighted by molar-refractivity contribution is 7.25. The van der Waals surface area contributed by atoms with Crippen molar-refractivity contribution in [3.63, 3.8) is 0 Å². The Morgan fingerprint density at radius 2 is 0.870 bits per heavy atom. The summed E-state index contributed by atoms with van der Waals surface area (Å²) < 4.78 is 13.3. The van der Waals surface area contributed by atoms with E-state index in [-0.39, 0.29) is 0 Å². The van der Waals surface area contributed by atoms with Gasteiger partial charge in [-0.3, -0.25) is 0 Å². The van der Waals surface area contributed by atoms with Crippen LogP contribution in [0.3, 0.4) is 0 Å². The topological polar surface area (TPSA) is 81.1 Å². The van der Waals surface area contributed by atoms with Gasteiger partial charge in [-0.25, -0.2) is 19.9 Å². The maximum Gasteiger partial charge on any atom is 0.227 e. The maximum absolute atomic E-state index is 6.07. The predicted octanol–water partition coefficient (Wildman–Crippen LogP) is 12.8. The minimum atomic E-state index is 0.594. The zero-order chi connectivity index (χ0) is 35.6. The van der Waals surface area contributed by atoms with Gasteiger partial charge in [-0.2, -0.15) is 0 Å². The van der Waals surface area contributed by atoms with E-state index in [0.29, 0.717) is 11.8 Å². The highest BCUT2D eigenvalue weighted by Gasteiger charge is 2.17. The lowest BCUT2D eigenvalue weighted by atomic mass is 10.0. The van der Waals surface area contributed by atoms with Crippen LogP contribution < -0.4 is 4.90 Å². The zero-order valence-electron chi connectivity index (χ0n) is 28.5. The summed E-state index contributed by atoms with van der Waals surface area (Å²) in [6, 6.07) is 55.6. The van der Waals surface area contributed by atoms with Crippen LogP contribution in [-0.4, -0.2) is 19.9 Å². The molecule has 0 aliphatic rings. The van der Waals surface area contributed by atoms with Crippen LogP contribution in [0.1, 0.15) is 0 Å². The predicted molar refractivity (Wildman–Crippen MR) is 219 cm³/mol. The van der Waals surface area contributed by atoms with Crippen molar-refractivity contribution in [1.82, 2.24) is 19.9 Å². The number of oxazole rings is 2. The lowest BCUT2D eigenvalue weighted by molar-refractivity contribution is 0.619. The van der Waals surface area contributed by atoms with Gasteiger partial charge in [0.15, 0.2) is 11.2 Å². The number of hydrogen-bond donors (Lipinski definition) is 0. The third kappa shape index (κ3) is 5.19. The smallest absolute Gasteiger partial charge is 0.227 e. The van der Waals surface area contributed by atoms with Gasteiger partial charge in [0.2, 0.25) is 11.8 Å². The molecule has 4 aromatic heterocycles. The van der Waals surface area contributed by atoms with Crippen LogP contribution in [0.2, 0.25) is 0 Å². The summed E-state index contributed by atoms with van der Waals surface area (Å²) in [5.41, 5.74) is 13.1. The standard InChI is InChI=1S/C46H27N5O2S/c1-2-8-37-36(7-1)47-43-35-26-19-31(27-42(35)54-46(43)50-37)28-13-20-32(21-14-28)51(33-22-15-29(16-23-33)44-48-38-9-3-5-11-40(38)52-44)34-24-17-30(18-25-34)45-49-39-10-4-6-12-41(39)53-45/h1-27H. The molecule has 0 bridgehead atoms. The zero-order valence-corrected chi connectivity index (χ0v) is 29.4. The number of benzene rings is 7. The van der Waals surface area contributed by atoms with Crippen LogP contribution in [0.15, 0.2) is 173 Å². The molecule has 7 aromatic carbocycles. The monoisotopic (exact) mass is 713 g/mol. The fourth-order valence-electron chi connectivity index (χ4n) is 7.06. The van der Waals surface area contributed by atoms with Crippen LogP contribution in [0, 0.1) is 0 Å². The molecule has 0 spiro atoms. The molecule has 0 fully saturated rings. The van der Waals surface area contributed by atoms with Crippen LogP contribution >= 0.6 is 11.3 Å². The van der Waals surface area contributed by atoms with Crippen molar-refractivity contribution in [3.05, 3.63) is 164 Å². The molecular weight excluding hydrogens is 687 g/mol. The second-order valence-corrected chi connectivity index (χ2v) is 14.2. The average Bonchev–Trinajstić information content (AvgIpc) is 3.96. The molecule has 0 aliphatic carbocycles. The van der Waals surface area contributed by atoms with Gasteiger partial charge < -0.3 is 13.7 Å². The molecule has 0 saturated carbocycles. The van der Waals surface area contributed by atoms with E-state index in [1.165, 1.54) is 4.70 Å². The third-order valence-corrected chi connectivity index (χ3v) is 10.8. The van der Waals surface area contributed by atoms with Crippen molar-refractivity contribution in [2.75, 3.05) is 4.90 Å². The van der Waals surface area contributed by atoms with E-state index in [0.717, 1.165) is 88.3 Å². The normalized spacial score (nSPS) is 11.7. The van der Waals surface area contributed by atoms with E-state index in [1.807, 2.05) is 72.8 Å². The van der Waals surface area contributed by atoms with Crippen molar-refractivity contribution in [2.45, 2.75) is 0 Å². The maximum atomic E-state index is 6.07. The summed E-state index contributed by atoms with van der Waals surface area (Å²) in [4.78, 5) is 22.5. The van der Waals surface area contributed by atoms with Gasteiger partial charge >= 0.3 is 0 Å². The highest BCUT2D eigenvalue weighted by Crippen LogP contribution is 2.40. The number of anilines is 3. The molecule has 7 nitrogen and oxygen atoms in total. The number of nitrogens with zero attached hydrogens (tertiary/aromatic N) is 5. The van der Waals surface area contributed by atoms with E-state index in [1.54, 1.807) is 11.3 Å². The first-order valence-corrected chi connectivity index (χ1v) is 18.4. The fraction of sp³-hybridized carbons (Fsp3) is 0. The number of rotatable bonds is 6. The minimum Gasteiger partial charge on any atom is -0.436 e. The van der Waals surface area contributed by atoms with E-state index in [9.17, 15) is 0 Å². The Balaban J connectivity index is 0.958. The Hall–Kier alpha value is -7.16. The van der Waals surface area contributed by atoms with Crippen molar-refractivity contribution in [2.24, 2.45) is 0 Å². The molecule has 0 unspecified atom stereocenters. The van der Waals surface area contributed by atoms with E-state index < -0.39 is 0 Å². The molecular formula is C46H27N5O2S. The molecule has 54 heavy (non-hydrogen) atoms. The number of aromatic nitrogens is 4. The van der Waals surface area contributed by atoms with Gasteiger partial charge in [0.1, 0.15) is 21.4 Å². The molecule has 0 radical (unpaired) electrons. The molecule has 254 valence electrons. The minimum absolute atomic E-state index is 0.594. The molecule has 0 saturated heterocycles. The van der Waals surface area contributed by atoms with Gasteiger partial charge in [-0.05, 0) is 114 Å². The molecule has 0 aliphatic heterocycles. The average molecular weight is 714 g/mol. The number of thiophene rings is 1. The van der Waals surface area contributed by atoms with Crippen molar-refractivity contribution >= 4 is 82.1 Å². The van der Waals surface area contributed by atoms with Crippen molar-refractivity contribution in [1.29, 1.82) is 0 Å². The van der Waals surface area contributed by atoms with Crippen molar-refractivity contribution in [3.8, 4) is 34.0 Å². The summed E-state index contributed by atoms with van der Waals surface area (Å²) in [5, 5.41) is 1.13. The second kappa shape index (κ2) is 12.2. The Kier molecular flexibility index (Phi) is 6.90. The van der Waals surface area contributed by atoms with Crippen molar-refractivity contribution < 1.29 is 8.83 Å². The molecule has 8 heteroatoms. The summed E-state index contributed by atoms with van der Waals surface area (Å²) >= 11 is 1.68. The van der Waals surface area contributed by atoms with Gasteiger partial charge in [0, 0.05) is 38.3 Å². The van der Waals surface area contributed by atoms with Gasteiger partial charge in [-0.1, -0.05) is 60.7 Å². The molecule has 11 aromatic rings. The van der Waals surface area contributed by atoms with Gasteiger partial charge in [0.25, 0.3) is 0 Å². The summed E-state index contributed by atoms with van der Waals surface area (Å²) in [5.74, 6) is 1.19. The van der Waals surface area contributed by atoms with E-state index in [4.69, 9.17) is 28.8 Å². The first-order chi connectivity index (χ1) is 26.7. The number of hydrogen-bond acceptors (Lipinski definition) is 8. The Morgan fingerprint density at radius 3 is 1.41 bits per heavy atom.